The van der Waals surface area contributed by atoms with Gasteiger partial charge in [0, 0.05) is 18.2 Å². The molecule has 0 heterocycles. The van der Waals surface area contributed by atoms with E-state index < -0.39 is 0 Å². The molecule has 1 fully saturated rings. The SMILES string of the molecule is COc1cc(NC2CCCC(C)C2)c(F)cc1N. The van der Waals surface area contributed by atoms with Crippen LogP contribution in [0.4, 0.5) is 15.8 Å². The minimum absolute atomic E-state index is 0.313. The normalized spacial score (nSPS) is 23.7. The molecule has 0 amide bonds. The average Bonchev–Trinajstić information content (AvgIpc) is 2.33. The van der Waals surface area contributed by atoms with E-state index in [0.29, 0.717) is 29.1 Å². The van der Waals surface area contributed by atoms with Crippen LogP contribution in [0.5, 0.6) is 5.75 Å². The number of nitrogens with one attached hydrogen (secondary N) is 1. The third-order valence-electron chi connectivity index (χ3n) is 3.62. The molecule has 4 heteroatoms. The Balaban J connectivity index is 2.13. The monoisotopic (exact) mass is 252 g/mol. The summed E-state index contributed by atoms with van der Waals surface area (Å²) in [5.74, 6) is 0.907. The summed E-state index contributed by atoms with van der Waals surface area (Å²) in [6.45, 7) is 2.24. The van der Waals surface area contributed by atoms with Gasteiger partial charge in [-0.3, -0.25) is 0 Å². The number of halogens is 1. The fraction of sp³-hybridized carbons (Fsp3) is 0.571. The summed E-state index contributed by atoms with van der Waals surface area (Å²) in [4.78, 5) is 0. The van der Waals surface area contributed by atoms with Crippen LogP contribution in [0, 0.1) is 11.7 Å². The van der Waals surface area contributed by atoms with Crippen molar-refractivity contribution in [1.29, 1.82) is 0 Å². The standard InChI is InChI=1S/C14H21FN2O/c1-9-4-3-5-10(6-9)17-13-8-14(18-2)12(16)7-11(13)15/h7-10,17H,3-6,16H2,1-2H3. The Hall–Kier alpha value is -1.45. The van der Waals surface area contributed by atoms with Crippen molar-refractivity contribution in [3.8, 4) is 5.75 Å². The van der Waals surface area contributed by atoms with Crippen LogP contribution in [-0.4, -0.2) is 13.2 Å². The molecule has 1 aromatic rings. The molecule has 2 atom stereocenters. The van der Waals surface area contributed by atoms with E-state index in [4.69, 9.17) is 10.5 Å². The van der Waals surface area contributed by atoms with Gasteiger partial charge in [-0.15, -0.1) is 0 Å². The van der Waals surface area contributed by atoms with E-state index in [1.807, 2.05) is 0 Å². The summed E-state index contributed by atoms with van der Waals surface area (Å²) in [5.41, 5.74) is 6.48. The second kappa shape index (κ2) is 5.46. The van der Waals surface area contributed by atoms with Crippen molar-refractivity contribution >= 4 is 11.4 Å². The quantitative estimate of drug-likeness (QED) is 0.810. The van der Waals surface area contributed by atoms with E-state index in [0.717, 1.165) is 12.8 Å². The smallest absolute Gasteiger partial charge is 0.148 e. The zero-order valence-electron chi connectivity index (χ0n) is 11.0. The molecule has 100 valence electrons. The van der Waals surface area contributed by atoms with Crippen molar-refractivity contribution in [3.05, 3.63) is 17.9 Å². The van der Waals surface area contributed by atoms with Crippen molar-refractivity contribution < 1.29 is 9.13 Å². The maximum absolute atomic E-state index is 13.8. The van der Waals surface area contributed by atoms with Gasteiger partial charge in [-0.2, -0.15) is 0 Å². The van der Waals surface area contributed by atoms with Crippen LogP contribution in [0.2, 0.25) is 0 Å². The molecule has 18 heavy (non-hydrogen) atoms. The molecule has 1 aliphatic carbocycles. The number of hydrogen-bond acceptors (Lipinski definition) is 3. The molecule has 0 aliphatic heterocycles. The van der Waals surface area contributed by atoms with Crippen molar-refractivity contribution in [2.45, 2.75) is 38.6 Å². The molecule has 2 rings (SSSR count). The highest BCUT2D eigenvalue weighted by molar-refractivity contribution is 5.62. The number of nitrogens with two attached hydrogens (primary N) is 1. The van der Waals surface area contributed by atoms with Crippen LogP contribution in [0.15, 0.2) is 12.1 Å². The summed E-state index contributed by atoms with van der Waals surface area (Å²) in [6.07, 6.45) is 4.65. The molecular weight excluding hydrogens is 231 g/mol. The summed E-state index contributed by atoms with van der Waals surface area (Å²) in [7, 11) is 1.54. The van der Waals surface area contributed by atoms with Crippen molar-refractivity contribution in [3.63, 3.8) is 0 Å². The highest BCUT2D eigenvalue weighted by Gasteiger charge is 2.20. The van der Waals surface area contributed by atoms with Gasteiger partial charge >= 0.3 is 0 Å². The van der Waals surface area contributed by atoms with Crippen LogP contribution in [0.25, 0.3) is 0 Å². The summed E-state index contributed by atoms with van der Waals surface area (Å²) < 4.78 is 18.9. The second-order valence-electron chi connectivity index (χ2n) is 5.19. The largest absolute Gasteiger partial charge is 0.495 e. The van der Waals surface area contributed by atoms with Gasteiger partial charge in [0.25, 0.3) is 0 Å². The van der Waals surface area contributed by atoms with Gasteiger partial charge in [0.15, 0.2) is 0 Å². The van der Waals surface area contributed by atoms with E-state index in [1.165, 1.54) is 26.0 Å². The third-order valence-corrected chi connectivity index (χ3v) is 3.62. The number of anilines is 2. The number of hydrogen-bond donors (Lipinski definition) is 2. The van der Waals surface area contributed by atoms with E-state index in [1.54, 1.807) is 6.07 Å². The lowest BCUT2D eigenvalue weighted by atomic mass is 9.87. The number of rotatable bonds is 3. The van der Waals surface area contributed by atoms with Crippen molar-refractivity contribution in [2.24, 2.45) is 5.92 Å². The second-order valence-corrected chi connectivity index (χ2v) is 5.19. The van der Waals surface area contributed by atoms with E-state index in [9.17, 15) is 4.39 Å². The Labute approximate surface area is 108 Å². The minimum atomic E-state index is -0.313. The predicted octanol–water partition coefficient (Wildman–Crippen LogP) is 3.41. The Bertz CT molecular complexity index is 423. The first-order chi connectivity index (χ1) is 8.60. The van der Waals surface area contributed by atoms with Gasteiger partial charge in [-0.1, -0.05) is 19.8 Å². The predicted molar refractivity (Wildman–Crippen MR) is 72.4 cm³/mol. The summed E-state index contributed by atoms with van der Waals surface area (Å²) in [5, 5.41) is 3.27. The molecule has 3 nitrogen and oxygen atoms in total. The first kappa shape index (κ1) is 13.0. The average molecular weight is 252 g/mol. The summed E-state index contributed by atoms with van der Waals surface area (Å²) >= 11 is 0. The molecule has 0 aromatic heterocycles. The molecule has 0 saturated heterocycles. The molecule has 1 aromatic carbocycles. The van der Waals surface area contributed by atoms with Gasteiger partial charge in [-0.25, -0.2) is 4.39 Å². The fourth-order valence-electron chi connectivity index (χ4n) is 2.64. The van der Waals surface area contributed by atoms with Gasteiger partial charge in [0.05, 0.1) is 18.5 Å². The lowest BCUT2D eigenvalue weighted by Gasteiger charge is -2.28. The van der Waals surface area contributed by atoms with Crippen LogP contribution in [0.3, 0.4) is 0 Å². The van der Waals surface area contributed by atoms with Crippen LogP contribution in [0.1, 0.15) is 32.6 Å². The molecule has 2 unspecified atom stereocenters. The fourth-order valence-corrected chi connectivity index (χ4v) is 2.64. The highest BCUT2D eigenvalue weighted by Crippen LogP contribution is 2.31. The molecule has 0 spiro atoms. The maximum Gasteiger partial charge on any atom is 0.148 e. The molecular formula is C14H21FN2O. The van der Waals surface area contributed by atoms with Gasteiger partial charge in [0.1, 0.15) is 11.6 Å². The Morgan fingerprint density at radius 3 is 2.83 bits per heavy atom. The summed E-state index contributed by atoms with van der Waals surface area (Å²) in [6, 6.07) is 3.30. The minimum Gasteiger partial charge on any atom is -0.495 e. The van der Waals surface area contributed by atoms with Crippen molar-refractivity contribution in [2.75, 3.05) is 18.2 Å². The Morgan fingerprint density at radius 2 is 2.17 bits per heavy atom. The first-order valence-corrected chi connectivity index (χ1v) is 6.49. The molecule has 1 saturated carbocycles. The lowest BCUT2D eigenvalue weighted by Crippen LogP contribution is -2.26. The molecule has 3 N–H and O–H groups in total. The van der Waals surface area contributed by atoms with Gasteiger partial charge in [0.2, 0.25) is 0 Å². The molecule has 0 radical (unpaired) electrons. The van der Waals surface area contributed by atoms with E-state index in [2.05, 4.69) is 12.2 Å². The number of nitrogen functional groups attached to an aromatic ring is 1. The van der Waals surface area contributed by atoms with Gasteiger partial charge in [-0.05, 0) is 18.8 Å². The number of methoxy groups -OCH3 is 1. The lowest BCUT2D eigenvalue weighted by molar-refractivity contribution is 0.357. The van der Waals surface area contributed by atoms with Crippen LogP contribution in [-0.2, 0) is 0 Å². The Kier molecular flexibility index (Phi) is 3.94. The number of ether oxygens (including phenoxy) is 1. The first-order valence-electron chi connectivity index (χ1n) is 6.49. The number of benzene rings is 1. The molecule has 1 aliphatic rings. The van der Waals surface area contributed by atoms with E-state index in [-0.39, 0.29) is 5.82 Å². The van der Waals surface area contributed by atoms with Crippen LogP contribution >= 0.6 is 0 Å². The molecule has 0 bridgehead atoms. The van der Waals surface area contributed by atoms with Crippen LogP contribution < -0.4 is 15.8 Å². The zero-order chi connectivity index (χ0) is 13.1. The van der Waals surface area contributed by atoms with Gasteiger partial charge < -0.3 is 15.8 Å². The third kappa shape index (κ3) is 2.86. The maximum atomic E-state index is 13.8. The Morgan fingerprint density at radius 1 is 1.39 bits per heavy atom. The topological polar surface area (TPSA) is 47.3 Å². The van der Waals surface area contributed by atoms with Crippen molar-refractivity contribution in [1.82, 2.24) is 0 Å². The van der Waals surface area contributed by atoms with E-state index >= 15 is 0 Å². The highest BCUT2D eigenvalue weighted by atomic mass is 19.1. The zero-order valence-corrected chi connectivity index (χ0v) is 11.0.